The van der Waals surface area contributed by atoms with Gasteiger partial charge in [0, 0.05) is 13.1 Å². The highest BCUT2D eigenvalue weighted by atomic mass is 35.5. The number of rotatable bonds is 4. The van der Waals surface area contributed by atoms with E-state index in [1.54, 1.807) is 0 Å². The maximum absolute atomic E-state index is 11.3. The summed E-state index contributed by atoms with van der Waals surface area (Å²) in [6.45, 7) is 6.42. The van der Waals surface area contributed by atoms with Gasteiger partial charge >= 0.3 is 0 Å². The normalized spacial score (nSPS) is 12.9. The number of nitrogens with one attached hydrogen (secondary N) is 1. The number of nitrogens with zero attached hydrogens (tertiary/aromatic N) is 2. The lowest BCUT2D eigenvalue weighted by molar-refractivity contribution is 0.502. The average molecular weight is 244 g/mol. The Hall–Kier alpha value is -1.03. The summed E-state index contributed by atoms with van der Waals surface area (Å²) in [5, 5.41) is 0.153. The van der Waals surface area contributed by atoms with E-state index in [0.29, 0.717) is 17.8 Å². The van der Waals surface area contributed by atoms with E-state index in [2.05, 4.69) is 30.7 Å². The lowest BCUT2D eigenvalue weighted by Crippen LogP contribution is -2.32. The van der Waals surface area contributed by atoms with Crippen molar-refractivity contribution in [1.29, 1.82) is 0 Å². The molecule has 0 fully saturated rings. The summed E-state index contributed by atoms with van der Waals surface area (Å²) in [7, 11) is 1.90. The van der Waals surface area contributed by atoms with Gasteiger partial charge in [0.15, 0.2) is 5.82 Å². The van der Waals surface area contributed by atoms with E-state index in [-0.39, 0.29) is 10.6 Å². The van der Waals surface area contributed by atoms with Crippen LogP contribution in [0.5, 0.6) is 0 Å². The molecular formula is C11H18ClN3O. The Labute approximate surface area is 101 Å². The third-order valence-electron chi connectivity index (χ3n) is 2.59. The lowest BCUT2D eigenvalue weighted by atomic mass is 10.0. The number of hydrogen-bond acceptors (Lipinski definition) is 3. The van der Waals surface area contributed by atoms with Crippen LogP contribution >= 0.6 is 11.6 Å². The van der Waals surface area contributed by atoms with Crippen molar-refractivity contribution in [2.45, 2.75) is 33.2 Å². The van der Waals surface area contributed by atoms with E-state index in [9.17, 15) is 4.79 Å². The zero-order valence-electron chi connectivity index (χ0n) is 10.1. The first kappa shape index (κ1) is 13.0. The third kappa shape index (κ3) is 2.98. The molecule has 1 aromatic heterocycles. The fourth-order valence-corrected chi connectivity index (χ4v) is 1.91. The predicted molar refractivity (Wildman–Crippen MR) is 67.2 cm³/mol. The van der Waals surface area contributed by atoms with Crippen LogP contribution in [0.1, 0.15) is 27.2 Å². The smallest absolute Gasteiger partial charge is 0.271 e. The molecular weight excluding hydrogens is 226 g/mol. The molecule has 16 heavy (non-hydrogen) atoms. The van der Waals surface area contributed by atoms with Crippen molar-refractivity contribution < 1.29 is 0 Å². The molecule has 1 atom stereocenters. The first-order valence-corrected chi connectivity index (χ1v) is 5.77. The molecule has 1 aromatic rings. The van der Waals surface area contributed by atoms with Gasteiger partial charge in [-0.05, 0) is 19.3 Å². The van der Waals surface area contributed by atoms with Gasteiger partial charge in [0.2, 0.25) is 0 Å². The second-order valence-corrected chi connectivity index (χ2v) is 4.84. The van der Waals surface area contributed by atoms with E-state index < -0.39 is 0 Å². The minimum atomic E-state index is -0.296. The molecule has 0 radical (unpaired) electrons. The van der Waals surface area contributed by atoms with Crippen molar-refractivity contribution in [3.05, 3.63) is 21.7 Å². The summed E-state index contributed by atoms with van der Waals surface area (Å²) in [5.41, 5.74) is -0.296. The number of halogens is 1. The van der Waals surface area contributed by atoms with E-state index >= 15 is 0 Å². The Morgan fingerprint density at radius 2 is 2.12 bits per heavy atom. The first-order valence-electron chi connectivity index (χ1n) is 5.39. The number of aromatic amines is 1. The molecule has 0 saturated carbocycles. The van der Waals surface area contributed by atoms with Crippen molar-refractivity contribution in [3.8, 4) is 0 Å². The van der Waals surface area contributed by atoms with Gasteiger partial charge < -0.3 is 9.88 Å². The van der Waals surface area contributed by atoms with Crippen LogP contribution in [0.15, 0.2) is 11.1 Å². The molecule has 0 amide bonds. The second-order valence-electron chi connectivity index (χ2n) is 4.46. The predicted octanol–water partition coefficient (Wildman–Crippen LogP) is 2.29. The maximum atomic E-state index is 11.3. The van der Waals surface area contributed by atoms with Gasteiger partial charge in [0.25, 0.3) is 5.56 Å². The highest BCUT2D eigenvalue weighted by Gasteiger charge is 2.16. The Balaban J connectivity index is 2.92. The summed E-state index contributed by atoms with van der Waals surface area (Å²) in [5.74, 6) is 1.14. The molecule has 0 aliphatic heterocycles. The summed E-state index contributed by atoms with van der Waals surface area (Å²) in [6, 6.07) is 0.298. The topological polar surface area (TPSA) is 49.0 Å². The fraction of sp³-hybridized carbons (Fsp3) is 0.636. The molecule has 1 rings (SSSR count). The molecule has 0 saturated heterocycles. The standard InChI is InChI=1S/C11H18ClN3O/c1-7(2)5-8(3)15(4)10-9(12)11(16)14-6-13-10/h6-8H,5H2,1-4H3,(H,13,14,16). The van der Waals surface area contributed by atoms with Gasteiger partial charge in [-0.2, -0.15) is 0 Å². The zero-order chi connectivity index (χ0) is 12.3. The molecule has 0 aliphatic carbocycles. The second kappa shape index (κ2) is 5.34. The van der Waals surface area contributed by atoms with E-state index in [0.717, 1.165) is 6.42 Å². The third-order valence-corrected chi connectivity index (χ3v) is 2.93. The largest absolute Gasteiger partial charge is 0.356 e. The molecule has 0 spiro atoms. The van der Waals surface area contributed by atoms with Crippen LogP contribution < -0.4 is 10.5 Å². The lowest BCUT2D eigenvalue weighted by Gasteiger charge is -2.27. The van der Waals surface area contributed by atoms with Crippen LogP contribution in [-0.2, 0) is 0 Å². The van der Waals surface area contributed by atoms with Crippen molar-refractivity contribution >= 4 is 17.4 Å². The monoisotopic (exact) mass is 243 g/mol. The van der Waals surface area contributed by atoms with E-state index in [1.165, 1.54) is 6.33 Å². The van der Waals surface area contributed by atoms with Gasteiger partial charge in [-0.3, -0.25) is 4.79 Å². The van der Waals surface area contributed by atoms with Gasteiger partial charge in [-0.15, -0.1) is 0 Å². The van der Waals surface area contributed by atoms with Crippen molar-refractivity contribution in [3.63, 3.8) is 0 Å². The maximum Gasteiger partial charge on any atom is 0.271 e. The van der Waals surface area contributed by atoms with Crippen molar-refractivity contribution in [2.75, 3.05) is 11.9 Å². The number of H-pyrrole nitrogens is 1. The van der Waals surface area contributed by atoms with Crippen molar-refractivity contribution in [1.82, 2.24) is 9.97 Å². The summed E-state index contributed by atoms with van der Waals surface area (Å²) < 4.78 is 0. The quantitative estimate of drug-likeness (QED) is 0.883. The molecule has 4 nitrogen and oxygen atoms in total. The molecule has 0 aliphatic rings. The van der Waals surface area contributed by atoms with Gasteiger partial charge in [-0.25, -0.2) is 4.98 Å². The van der Waals surface area contributed by atoms with Crippen molar-refractivity contribution in [2.24, 2.45) is 5.92 Å². The molecule has 1 heterocycles. The summed E-state index contributed by atoms with van der Waals surface area (Å²) in [6.07, 6.45) is 2.41. The highest BCUT2D eigenvalue weighted by Crippen LogP contribution is 2.21. The van der Waals surface area contributed by atoms with Crippen LogP contribution in [0, 0.1) is 5.92 Å². The van der Waals surface area contributed by atoms with E-state index in [1.807, 2.05) is 11.9 Å². The molecule has 5 heteroatoms. The van der Waals surface area contributed by atoms with Crippen LogP contribution in [-0.4, -0.2) is 23.1 Å². The summed E-state index contributed by atoms with van der Waals surface area (Å²) in [4.78, 5) is 19.8. The molecule has 0 aromatic carbocycles. The van der Waals surface area contributed by atoms with Crippen LogP contribution in [0.25, 0.3) is 0 Å². The van der Waals surface area contributed by atoms with Crippen LogP contribution in [0.4, 0.5) is 5.82 Å². The van der Waals surface area contributed by atoms with Gasteiger partial charge in [-0.1, -0.05) is 25.4 Å². The van der Waals surface area contributed by atoms with E-state index in [4.69, 9.17) is 11.6 Å². The Morgan fingerprint density at radius 3 is 2.69 bits per heavy atom. The molecule has 1 unspecified atom stereocenters. The molecule has 0 bridgehead atoms. The zero-order valence-corrected chi connectivity index (χ0v) is 10.9. The number of aromatic nitrogens is 2. The first-order chi connectivity index (χ1) is 7.43. The highest BCUT2D eigenvalue weighted by molar-refractivity contribution is 6.32. The van der Waals surface area contributed by atoms with Crippen LogP contribution in [0.3, 0.4) is 0 Å². The minimum absolute atomic E-state index is 0.153. The molecule has 1 N–H and O–H groups in total. The Kier molecular flexibility index (Phi) is 4.35. The molecule has 90 valence electrons. The fourth-order valence-electron chi connectivity index (χ4n) is 1.67. The number of anilines is 1. The van der Waals surface area contributed by atoms with Gasteiger partial charge in [0.1, 0.15) is 5.02 Å². The Bertz CT molecular complexity index is 402. The Morgan fingerprint density at radius 1 is 1.50 bits per heavy atom. The average Bonchev–Trinajstić information content (AvgIpc) is 2.20. The number of hydrogen-bond donors (Lipinski definition) is 1. The van der Waals surface area contributed by atoms with Crippen LogP contribution in [0.2, 0.25) is 5.02 Å². The SMILES string of the molecule is CC(C)CC(C)N(C)c1nc[nH]c(=O)c1Cl. The minimum Gasteiger partial charge on any atom is -0.356 e. The summed E-state index contributed by atoms with van der Waals surface area (Å²) >= 11 is 5.92. The van der Waals surface area contributed by atoms with Gasteiger partial charge in [0.05, 0.1) is 6.33 Å².